The molecule has 1 fully saturated rings. The molecule has 0 spiro atoms. The Kier molecular flexibility index (Phi) is 2.46. The molecule has 3 heteroatoms. The summed E-state index contributed by atoms with van der Waals surface area (Å²) in [6, 6.07) is 18.7. The Bertz CT molecular complexity index is 463. The highest BCUT2D eigenvalue weighted by atomic mass is 32.2. The van der Waals surface area contributed by atoms with Crippen LogP contribution in [0.5, 0.6) is 0 Å². The molecule has 0 aromatic heterocycles. The van der Waals surface area contributed by atoms with Crippen molar-refractivity contribution >= 4 is 29.0 Å². The number of nitrogens with zero attached hydrogens (tertiary/aromatic N) is 1. The lowest BCUT2D eigenvalue weighted by Crippen LogP contribution is -1.91. The zero-order valence-corrected chi connectivity index (χ0v) is 9.58. The molecule has 1 aliphatic heterocycles. The minimum absolute atomic E-state index is 1.12. The highest BCUT2D eigenvalue weighted by Crippen LogP contribution is 2.36. The minimum Gasteiger partial charge on any atom is -0.356 e. The van der Waals surface area contributed by atoms with E-state index in [9.17, 15) is 0 Å². The molecule has 1 saturated heterocycles. The fourth-order valence-electron chi connectivity index (χ4n) is 1.58. The molecule has 80 valence electrons. The van der Waals surface area contributed by atoms with Gasteiger partial charge in [0.15, 0.2) is 0 Å². The average Bonchev–Trinajstić information content (AvgIpc) is 3.15. The largest absolute Gasteiger partial charge is 0.356 e. The van der Waals surface area contributed by atoms with E-state index in [-0.39, 0.29) is 0 Å². The van der Waals surface area contributed by atoms with Gasteiger partial charge in [-0.3, -0.25) is 0 Å². The van der Waals surface area contributed by atoms with Crippen LogP contribution in [0.25, 0.3) is 0 Å². The van der Waals surface area contributed by atoms with E-state index in [1.165, 1.54) is 5.69 Å². The van der Waals surface area contributed by atoms with E-state index >= 15 is 0 Å². The normalized spacial score (nSPS) is 13.6. The predicted octanol–water partition coefficient (Wildman–Crippen LogP) is 3.86. The van der Waals surface area contributed by atoms with Gasteiger partial charge in [-0.2, -0.15) is 0 Å². The van der Waals surface area contributed by atoms with Crippen LogP contribution in [-0.4, -0.2) is 5.88 Å². The molecule has 0 aliphatic carbocycles. The molecule has 2 nitrogen and oxygen atoms in total. The summed E-state index contributed by atoms with van der Waals surface area (Å²) in [6.07, 6.45) is 0. The highest BCUT2D eigenvalue weighted by molar-refractivity contribution is 8.07. The van der Waals surface area contributed by atoms with Crippen molar-refractivity contribution in [3.63, 3.8) is 0 Å². The second-order valence-corrected chi connectivity index (χ2v) is 4.63. The number of hydrogen-bond acceptors (Lipinski definition) is 3. The third-order valence-electron chi connectivity index (χ3n) is 2.48. The summed E-state index contributed by atoms with van der Waals surface area (Å²) in [4.78, 5) is 0. The molecule has 0 amide bonds. The average molecular weight is 228 g/mol. The molecule has 2 aromatic carbocycles. The lowest BCUT2D eigenvalue weighted by molar-refractivity contribution is 1.43. The Labute approximate surface area is 99.4 Å². The van der Waals surface area contributed by atoms with Gasteiger partial charge in [0.2, 0.25) is 0 Å². The van der Waals surface area contributed by atoms with Gasteiger partial charge >= 0.3 is 0 Å². The third-order valence-corrected chi connectivity index (χ3v) is 3.20. The topological polar surface area (TPSA) is 15.0 Å². The summed E-state index contributed by atoms with van der Waals surface area (Å²) in [5.41, 5.74) is 3.53. The smallest absolute Gasteiger partial charge is 0.0950 e. The first-order valence-corrected chi connectivity index (χ1v) is 6.19. The monoisotopic (exact) mass is 228 g/mol. The van der Waals surface area contributed by atoms with E-state index in [1.54, 1.807) is 0 Å². The van der Waals surface area contributed by atoms with Gasteiger partial charge in [0.25, 0.3) is 0 Å². The van der Waals surface area contributed by atoms with E-state index in [0.29, 0.717) is 0 Å². The van der Waals surface area contributed by atoms with Gasteiger partial charge in [-0.15, -0.1) is 0 Å². The molecule has 0 bridgehead atoms. The van der Waals surface area contributed by atoms with Crippen LogP contribution in [-0.2, 0) is 0 Å². The van der Waals surface area contributed by atoms with Gasteiger partial charge in [0, 0.05) is 17.1 Å². The second kappa shape index (κ2) is 4.10. The van der Waals surface area contributed by atoms with Crippen molar-refractivity contribution in [1.29, 1.82) is 0 Å². The van der Waals surface area contributed by atoms with Gasteiger partial charge in [-0.05, 0) is 48.3 Å². The molecule has 16 heavy (non-hydrogen) atoms. The minimum atomic E-state index is 1.12. The zero-order valence-electron chi connectivity index (χ0n) is 8.76. The molecular weight excluding hydrogens is 216 g/mol. The van der Waals surface area contributed by atoms with Crippen molar-refractivity contribution in [3.05, 3.63) is 54.6 Å². The lowest BCUT2D eigenvalue weighted by atomic mass is 10.2. The Balaban J connectivity index is 1.75. The number of para-hydroxylation sites is 1. The first-order chi connectivity index (χ1) is 7.92. The predicted molar refractivity (Wildman–Crippen MR) is 71.1 cm³/mol. The van der Waals surface area contributed by atoms with Crippen LogP contribution < -0.4 is 9.62 Å². The molecule has 0 radical (unpaired) electrons. The van der Waals surface area contributed by atoms with Crippen LogP contribution in [0.4, 0.5) is 17.1 Å². The van der Waals surface area contributed by atoms with Crippen molar-refractivity contribution in [2.45, 2.75) is 0 Å². The summed E-state index contributed by atoms with van der Waals surface area (Å²) in [5.74, 6) is 1.12. The standard InChI is InChI=1S/C13H12N2S/c1-2-4-11(5-3-1)14-12-6-8-13(9-7-12)15-10-16-15/h1-9,14H,10H2. The van der Waals surface area contributed by atoms with Crippen LogP contribution >= 0.6 is 11.9 Å². The molecule has 0 saturated carbocycles. The van der Waals surface area contributed by atoms with E-state index in [2.05, 4.69) is 46.0 Å². The van der Waals surface area contributed by atoms with Crippen molar-refractivity contribution in [2.75, 3.05) is 15.5 Å². The third kappa shape index (κ3) is 2.14. The van der Waals surface area contributed by atoms with Crippen molar-refractivity contribution in [3.8, 4) is 0 Å². The fraction of sp³-hybridized carbons (Fsp3) is 0.0769. The molecule has 1 aliphatic rings. The zero-order chi connectivity index (χ0) is 10.8. The van der Waals surface area contributed by atoms with Crippen LogP contribution in [0.3, 0.4) is 0 Å². The first-order valence-electron chi connectivity index (χ1n) is 5.24. The van der Waals surface area contributed by atoms with E-state index in [0.717, 1.165) is 17.3 Å². The van der Waals surface area contributed by atoms with Gasteiger partial charge in [-0.1, -0.05) is 18.2 Å². The SMILES string of the molecule is c1ccc(Nc2ccc(N3CS3)cc2)cc1. The molecular formula is C13H12N2S. The molecule has 0 unspecified atom stereocenters. The molecule has 2 aromatic rings. The maximum Gasteiger partial charge on any atom is 0.0950 e. The van der Waals surface area contributed by atoms with Crippen LogP contribution in [0, 0.1) is 0 Å². The van der Waals surface area contributed by atoms with Crippen LogP contribution in [0.2, 0.25) is 0 Å². The maximum atomic E-state index is 3.37. The quantitative estimate of drug-likeness (QED) is 0.634. The number of benzene rings is 2. The van der Waals surface area contributed by atoms with Crippen molar-refractivity contribution in [2.24, 2.45) is 0 Å². The van der Waals surface area contributed by atoms with Gasteiger partial charge < -0.3 is 9.62 Å². The molecule has 0 atom stereocenters. The Hall–Kier alpha value is -1.61. The number of nitrogens with one attached hydrogen (secondary N) is 1. The Morgan fingerprint density at radius 2 is 1.50 bits per heavy atom. The fourth-order valence-corrected chi connectivity index (χ4v) is 2.05. The summed E-state index contributed by atoms with van der Waals surface area (Å²) >= 11 is 1.84. The molecule has 3 rings (SSSR count). The molecule has 1 N–H and O–H groups in total. The maximum absolute atomic E-state index is 3.37. The first kappa shape index (κ1) is 9.60. The lowest BCUT2D eigenvalue weighted by Gasteiger charge is -2.07. The Morgan fingerprint density at radius 3 is 2.12 bits per heavy atom. The summed E-state index contributed by atoms with van der Waals surface area (Å²) < 4.78 is 2.26. The van der Waals surface area contributed by atoms with Crippen molar-refractivity contribution < 1.29 is 0 Å². The van der Waals surface area contributed by atoms with Gasteiger partial charge in [-0.25, -0.2) is 0 Å². The summed E-state index contributed by atoms with van der Waals surface area (Å²) in [6.45, 7) is 0. The highest BCUT2D eigenvalue weighted by Gasteiger charge is 2.18. The van der Waals surface area contributed by atoms with Crippen molar-refractivity contribution in [1.82, 2.24) is 0 Å². The van der Waals surface area contributed by atoms with E-state index < -0.39 is 0 Å². The Morgan fingerprint density at radius 1 is 0.875 bits per heavy atom. The van der Waals surface area contributed by atoms with E-state index in [4.69, 9.17) is 0 Å². The molecule has 1 heterocycles. The van der Waals surface area contributed by atoms with E-state index in [1.807, 2.05) is 30.1 Å². The van der Waals surface area contributed by atoms with Gasteiger partial charge in [0.05, 0.1) is 5.88 Å². The van der Waals surface area contributed by atoms with Gasteiger partial charge in [0.1, 0.15) is 0 Å². The number of anilines is 3. The van der Waals surface area contributed by atoms with Crippen LogP contribution in [0.15, 0.2) is 54.6 Å². The van der Waals surface area contributed by atoms with Crippen LogP contribution in [0.1, 0.15) is 0 Å². The second-order valence-electron chi connectivity index (χ2n) is 3.67. The summed E-state index contributed by atoms with van der Waals surface area (Å²) in [7, 11) is 0. The number of hydrogen-bond donors (Lipinski definition) is 1. The number of rotatable bonds is 3. The summed E-state index contributed by atoms with van der Waals surface area (Å²) in [5, 5.41) is 3.37.